The van der Waals surface area contributed by atoms with Crippen LogP contribution in [0.5, 0.6) is 0 Å². The molecule has 182 valence electrons. The highest BCUT2D eigenvalue weighted by Gasteiger charge is 2.09. The maximum atomic E-state index is 8.53. The lowest BCUT2D eigenvalue weighted by molar-refractivity contribution is 0.775. The molecule has 0 aliphatic carbocycles. The highest BCUT2D eigenvalue weighted by atomic mass is 15.3. The Kier molecular flexibility index (Phi) is 7.39. The van der Waals surface area contributed by atoms with Crippen molar-refractivity contribution in [3.05, 3.63) is 78.7 Å². The van der Waals surface area contributed by atoms with Crippen LogP contribution in [0.3, 0.4) is 0 Å². The van der Waals surface area contributed by atoms with Gasteiger partial charge in [0.05, 0.1) is 23.4 Å². The zero-order chi connectivity index (χ0) is 25.5. The minimum Gasteiger partial charge on any atom is -0.387 e. The largest absolute Gasteiger partial charge is 0.387 e. The SMILES string of the molecule is CC(N)=NC(CCC(=N)n1ccc(-c2ccnc(Nc3ccnn3C)n2)cc1=N)=Nc1ccccc1. The van der Waals surface area contributed by atoms with Crippen LogP contribution < -0.4 is 16.5 Å². The van der Waals surface area contributed by atoms with Gasteiger partial charge in [0.15, 0.2) is 0 Å². The molecule has 4 aromatic rings. The van der Waals surface area contributed by atoms with E-state index in [2.05, 4.69) is 30.4 Å². The number of aromatic nitrogens is 5. The zero-order valence-corrected chi connectivity index (χ0v) is 20.1. The second-order valence-corrected chi connectivity index (χ2v) is 7.96. The summed E-state index contributed by atoms with van der Waals surface area (Å²) in [4.78, 5) is 17.7. The molecule has 0 unspecified atom stereocenters. The average Bonchev–Trinajstić information content (AvgIpc) is 3.27. The molecule has 3 aromatic heterocycles. The molecule has 36 heavy (non-hydrogen) atoms. The van der Waals surface area contributed by atoms with Crippen molar-refractivity contribution in [1.82, 2.24) is 24.3 Å². The molecule has 0 aliphatic heterocycles. The van der Waals surface area contributed by atoms with Gasteiger partial charge in [-0.25, -0.2) is 20.0 Å². The summed E-state index contributed by atoms with van der Waals surface area (Å²) in [5.41, 5.74) is 8.11. The molecule has 0 spiro atoms. The Morgan fingerprint density at radius 2 is 1.89 bits per heavy atom. The lowest BCUT2D eigenvalue weighted by Crippen LogP contribution is -2.26. The predicted molar refractivity (Wildman–Crippen MR) is 141 cm³/mol. The molecule has 3 heterocycles. The van der Waals surface area contributed by atoms with Gasteiger partial charge in [0, 0.05) is 43.9 Å². The van der Waals surface area contributed by atoms with E-state index in [9.17, 15) is 0 Å². The van der Waals surface area contributed by atoms with Crippen LogP contribution in [0.4, 0.5) is 17.5 Å². The Bertz CT molecular complexity index is 1480. The number of para-hydroxylation sites is 1. The van der Waals surface area contributed by atoms with Crippen LogP contribution >= 0.6 is 0 Å². The number of nitrogens with zero attached hydrogens (tertiary/aromatic N) is 7. The first kappa shape index (κ1) is 24.2. The second-order valence-electron chi connectivity index (χ2n) is 7.96. The number of amidine groups is 2. The summed E-state index contributed by atoms with van der Waals surface area (Å²) in [7, 11) is 1.82. The third-order valence-corrected chi connectivity index (χ3v) is 5.16. The molecule has 0 radical (unpaired) electrons. The van der Waals surface area contributed by atoms with Gasteiger partial charge in [-0.3, -0.25) is 20.1 Å². The van der Waals surface area contributed by atoms with Crippen molar-refractivity contribution < 1.29 is 0 Å². The zero-order valence-electron chi connectivity index (χ0n) is 20.1. The fourth-order valence-electron chi connectivity index (χ4n) is 3.43. The number of hydrogen-bond donors (Lipinski definition) is 4. The minimum absolute atomic E-state index is 0.164. The molecule has 0 aliphatic rings. The van der Waals surface area contributed by atoms with Crippen molar-refractivity contribution in [3.8, 4) is 11.3 Å². The number of aliphatic imine (C=N–C) groups is 2. The van der Waals surface area contributed by atoms with Crippen molar-refractivity contribution in [1.29, 1.82) is 10.8 Å². The number of rotatable bonds is 7. The van der Waals surface area contributed by atoms with Gasteiger partial charge in [0.25, 0.3) is 0 Å². The second kappa shape index (κ2) is 11.0. The predicted octanol–water partition coefficient (Wildman–Crippen LogP) is 3.61. The number of aryl methyl sites for hydroxylation is 1. The van der Waals surface area contributed by atoms with E-state index >= 15 is 0 Å². The third kappa shape index (κ3) is 6.14. The summed E-state index contributed by atoms with van der Waals surface area (Å²) in [5.74, 6) is 2.36. The van der Waals surface area contributed by atoms with E-state index in [1.807, 2.05) is 49.5 Å². The average molecular weight is 482 g/mol. The lowest BCUT2D eigenvalue weighted by atomic mass is 10.2. The van der Waals surface area contributed by atoms with E-state index in [4.69, 9.17) is 16.6 Å². The van der Waals surface area contributed by atoms with Gasteiger partial charge >= 0.3 is 0 Å². The van der Waals surface area contributed by atoms with Gasteiger partial charge in [-0.1, -0.05) is 18.2 Å². The van der Waals surface area contributed by atoms with Gasteiger partial charge in [-0.05, 0) is 37.3 Å². The van der Waals surface area contributed by atoms with Crippen LogP contribution in [0.15, 0.2) is 83.2 Å². The summed E-state index contributed by atoms with van der Waals surface area (Å²) < 4.78 is 3.20. The van der Waals surface area contributed by atoms with E-state index in [-0.39, 0.29) is 11.3 Å². The van der Waals surface area contributed by atoms with Crippen LogP contribution in [0.25, 0.3) is 11.3 Å². The fraction of sp³-hybridized carbons (Fsp3) is 0.160. The maximum Gasteiger partial charge on any atom is 0.228 e. The first-order chi connectivity index (χ1) is 17.4. The van der Waals surface area contributed by atoms with Gasteiger partial charge in [-0.2, -0.15) is 5.10 Å². The van der Waals surface area contributed by atoms with Crippen molar-refractivity contribution >= 4 is 35.0 Å². The molecule has 11 heteroatoms. The standard InChI is InChI=1S/C25H27N11/c1-17(26)31-23(32-19-6-4-3-5-7-19)9-8-21(27)36-15-12-18(16-22(36)28)20-10-13-29-25(33-20)34-24-11-14-30-35(24)2/h3-7,10-16,27-28H,8-9H2,1-2H3,(H2,26,31,32)(H,29,33,34). The molecule has 0 fully saturated rings. The smallest absolute Gasteiger partial charge is 0.228 e. The van der Waals surface area contributed by atoms with Crippen molar-refractivity contribution in [2.24, 2.45) is 22.8 Å². The number of nitrogens with one attached hydrogen (secondary N) is 3. The Morgan fingerprint density at radius 3 is 2.58 bits per heavy atom. The van der Waals surface area contributed by atoms with Gasteiger partial charge < -0.3 is 11.1 Å². The van der Waals surface area contributed by atoms with Gasteiger partial charge in [0.1, 0.15) is 23.0 Å². The Hall–Kier alpha value is -4.93. The Balaban J connectivity index is 1.49. The maximum absolute atomic E-state index is 8.53. The number of hydrogen-bond acceptors (Lipinski definition) is 7. The van der Waals surface area contributed by atoms with E-state index in [1.54, 1.807) is 42.3 Å². The molecular weight excluding hydrogens is 454 g/mol. The number of pyridine rings is 1. The molecule has 0 saturated carbocycles. The normalized spacial score (nSPS) is 11.9. The van der Waals surface area contributed by atoms with E-state index in [0.29, 0.717) is 36.2 Å². The van der Waals surface area contributed by atoms with Crippen LogP contribution in [0, 0.1) is 10.8 Å². The monoisotopic (exact) mass is 481 g/mol. The van der Waals surface area contributed by atoms with Crippen molar-refractivity contribution in [2.75, 3.05) is 5.32 Å². The highest BCUT2D eigenvalue weighted by molar-refractivity contribution is 5.98. The molecule has 4 rings (SSSR count). The highest BCUT2D eigenvalue weighted by Crippen LogP contribution is 2.18. The van der Waals surface area contributed by atoms with E-state index < -0.39 is 0 Å². The first-order valence-corrected chi connectivity index (χ1v) is 11.3. The van der Waals surface area contributed by atoms with Crippen LogP contribution in [-0.2, 0) is 7.05 Å². The number of anilines is 2. The molecule has 0 bridgehead atoms. The third-order valence-electron chi connectivity index (χ3n) is 5.16. The summed E-state index contributed by atoms with van der Waals surface area (Å²) in [5, 5.41) is 24.3. The van der Waals surface area contributed by atoms with Crippen LogP contribution in [0.2, 0.25) is 0 Å². The molecule has 11 nitrogen and oxygen atoms in total. The van der Waals surface area contributed by atoms with E-state index in [1.165, 1.54) is 4.57 Å². The van der Waals surface area contributed by atoms with Gasteiger partial charge in [0.2, 0.25) is 5.95 Å². The molecule has 1 aromatic carbocycles. The summed E-state index contributed by atoms with van der Waals surface area (Å²) in [6, 6.07) is 16.6. The fourth-order valence-corrected chi connectivity index (χ4v) is 3.43. The number of benzene rings is 1. The van der Waals surface area contributed by atoms with Gasteiger partial charge in [-0.15, -0.1) is 0 Å². The summed E-state index contributed by atoms with van der Waals surface area (Å²) in [6.45, 7) is 1.70. The summed E-state index contributed by atoms with van der Waals surface area (Å²) >= 11 is 0. The Morgan fingerprint density at radius 1 is 1.08 bits per heavy atom. The Labute approximate surface area is 208 Å². The van der Waals surface area contributed by atoms with Crippen LogP contribution in [0.1, 0.15) is 19.8 Å². The lowest BCUT2D eigenvalue weighted by Gasteiger charge is -2.11. The molecular formula is C25H27N11. The quantitative estimate of drug-likeness (QED) is 0.234. The van der Waals surface area contributed by atoms with Crippen LogP contribution in [-0.4, -0.2) is 41.8 Å². The molecule has 0 saturated heterocycles. The van der Waals surface area contributed by atoms with Crippen molar-refractivity contribution in [3.63, 3.8) is 0 Å². The minimum atomic E-state index is 0.164. The first-order valence-electron chi connectivity index (χ1n) is 11.3. The molecule has 5 N–H and O–H groups in total. The number of nitrogens with two attached hydrogens (primary N) is 1. The van der Waals surface area contributed by atoms with E-state index in [0.717, 1.165) is 17.1 Å². The molecule has 0 atom stereocenters. The van der Waals surface area contributed by atoms with Crippen molar-refractivity contribution in [2.45, 2.75) is 19.8 Å². The topological polar surface area (TPSA) is 159 Å². The molecule has 0 amide bonds. The summed E-state index contributed by atoms with van der Waals surface area (Å²) in [6.07, 6.45) is 5.78.